The number of hydrogen-bond acceptors (Lipinski definition) is 6. The Morgan fingerprint density at radius 2 is 2.00 bits per heavy atom. The first-order valence-corrected chi connectivity index (χ1v) is 8.95. The van der Waals surface area contributed by atoms with Crippen LogP contribution in [0, 0.1) is 0 Å². The first-order valence-electron chi connectivity index (χ1n) is 6.89. The first kappa shape index (κ1) is 17.4. The Labute approximate surface area is 120 Å². The highest BCUT2D eigenvalue weighted by Crippen LogP contribution is 2.06. The molecule has 0 spiro atoms. The van der Waals surface area contributed by atoms with Crippen molar-refractivity contribution in [2.24, 2.45) is 5.73 Å². The lowest BCUT2D eigenvalue weighted by Crippen LogP contribution is -2.46. The molecule has 0 aromatic carbocycles. The van der Waals surface area contributed by atoms with Gasteiger partial charge in [0.05, 0.1) is 18.4 Å². The molecule has 1 heterocycles. The van der Waals surface area contributed by atoms with Crippen LogP contribution in [0.3, 0.4) is 0 Å². The van der Waals surface area contributed by atoms with Gasteiger partial charge in [-0.15, -0.1) is 0 Å². The van der Waals surface area contributed by atoms with E-state index in [9.17, 15) is 13.2 Å². The van der Waals surface area contributed by atoms with Gasteiger partial charge in [-0.3, -0.25) is 9.69 Å². The summed E-state index contributed by atoms with van der Waals surface area (Å²) in [7, 11) is -3.09. The van der Waals surface area contributed by atoms with Crippen molar-refractivity contribution < 1.29 is 18.3 Å². The molecule has 3 N–H and O–H groups in total. The van der Waals surface area contributed by atoms with Crippen LogP contribution in [-0.2, 0) is 14.6 Å². The number of aliphatic hydroxyl groups excluding tert-OH is 1. The van der Waals surface area contributed by atoms with Gasteiger partial charge in [-0.25, -0.2) is 8.42 Å². The Bertz CT molecular complexity index is 413. The summed E-state index contributed by atoms with van der Waals surface area (Å²) in [5.41, 5.74) is 5.79. The minimum Gasteiger partial charge on any atom is -0.395 e. The maximum Gasteiger partial charge on any atom is 0.239 e. The standard InChI is InChI=1S/C12H25N3O4S/c1-20(18,19)10-3-11(13)12(17)15-5-2-4-14(6-7-15)8-9-16/h11,16H,2-10,13H2,1H3. The Hall–Kier alpha value is -0.700. The van der Waals surface area contributed by atoms with Crippen molar-refractivity contribution in [2.45, 2.75) is 18.9 Å². The zero-order chi connectivity index (χ0) is 15.2. The van der Waals surface area contributed by atoms with E-state index in [1.165, 1.54) is 0 Å². The van der Waals surface area contributed by atoms with Crippen LogP contribution in [0.2, 0.25) is 0 Å². The van der Waals surface area contributed by atoms with Crippen molar-refractivity contribution in [1.82, 2.24) is 9.80 Å². The fourth-order valence-corrected chi connectivity index (χ4v) is 2.94. The van der Waals surface area contributed by atoms with Gasteiger partial charge in [-0.05, 0) is 19.4 Å². The second-order valence-corrected chi connectivity index (χ2v) is 7.53. The highest BCUT2D eigenvalue weighted by Gasteiger charge is 2.24. The van der Waals surface area contributed by atoms with E-state index < -0.39 is 15.9 Å². The Morgan fingerprint density at radius 1 is 1.30 bits per heavy atom. The smallest absolute Gasteiger partial charge is 0.239 e. The van der Waals surface area contributed by atoms with Gasteiger partial charge in [-0.1, -0.05) is 0 Å². The molecule has 0 aromatic rings. The van der Waals surface area contributed by atoms with Gasteiger partial charge >= 0.3 is 0 Å². The van der Waals surface area contributed by atoms with E-state index in [0.29, 0.717) is 26.2 Å². The molecule has 20 heavy (non-hydrogen) atoms. The summed E-state index contributed by atoms with van der Waals surface area (Å²) in [6.45, 7) is 3.50. The molecule has 1 aliphatic rings. The number of rotatable bonds is 6. The van der Waals surface area contributed by atoms with Crippen molar-refractivity contribution in [3.8, 4) is 0 Å². The van der Waals surface area contributed by atoms with E-state index in [1.54, 1.807) is 4.90 Å². The van der Waals surface area contributed by atoms with Gasteiger partial charge in [0.1, 0.15) is 9.84 Å². The molecule has 0 aromatic heterocycles. The van der Waals surface area contributed by atoms with Crippen molar-refractivity contribution in [1.29, 1.82) is 0 Å². The molecule has 1 saturated heterocycles. The molecule has 1 unspecified atom stereocenters. The third-order valence-electron chi connectivity index (χ3n) is 3.43. The van der Waals surface area contributed by atoms with E-state index >= 15 is 0 Å². The number of hydrogen-bond donors (Lipinski definition) is 2. The Kier molecular flexibility index (Phi) is 6.87. The molecule has 0 saturated carbocycles. The molecule has 118 valence electrons. The van der Waals surface area contributed by atoms with Gasteiger partial charge in [0.2, 0.25) is 5.91 Å². The van der Waals surface area contributed by atoms with E-state index in [4.69, 9.17) is 10.8 Å². The van der Waals surface area contributed by atoms with Crippen molar-refractivity contribution in [2.75, 3.05) is 51.3 Å². The predicted octanol–water partition coefficient (Wildman–Crippen LogP) is -1.72. The molecule has 7 nitrogen and oxygen atoms in total. The number of carbonyl (C=O) groups excluding carboxylic acids is 1. The summed E-state index contributed by atoms with van der Waals surface area (Å²) < 4.78 is 22.2. The molecule has 1 rings (SSSR count). The molecule has 1 aliphatic heterocycles. The van der Waals surface area contributed by atoms with Crippen LogP contribution in [0.5, 0.6) is 0 Å². The molecule has 1 fully saturated rings. The summed E-state index contributed by atoms with van der Waals surface area (Å²) in [6, 6.07) is -0.755. The number of sulfone groups is 1. The van der Waals surface area contributed by atoms with Gasteiger partial charge < -0.3 is 15.7 Å². The fraction of sp³-hybridized carbons (Fsp3) is 0.917. The van der Waals surface area contributed by atoms with Crippen LogP contribution >= 0.6 is 0 Å². The van der Waals surface area contributed by atoms with Crippen molar-refractivity contribution in [3.63, 3.8) is 0 Å². The van der Waals surface area contributed by atoms with Gasteiger partial charge in [0.25, 0.3) is 0 Å². The Morgan fingerprint density at radius 3 is 2.60 bits per heavy atom. The minimum atomic E-state index is -3.09. The average molecular weight is 307 g/mol. The molecule has 0 radical (unpaired) electrons. The van der Waals surface area contributed by atoms with Crippen molar-refractivity contribution >= 4 is 15.7 Å². The molecule has 8 heteroatoms. The summed E-state index contributed by atoms with van der Waals surface area (Å²) in [4.78, 5) is 16.0. The maximum atomic E-state index is 12.2. The monoisotopic (exact) mass is 307 g/mol. The van der Waals surface area contributed by atoms with E-state index in [-0.39, 0.29) is 24.7 Å². The SMILES string of the molecule is CS(=O)(=O)CCC(N)C(=O)N1CCCN(CCO)CC1. The number of nitrogens with zero attached hydrogens (tertiary/aromatic N) is 2. The lowest BCUT2D eigenvalue weighted by molar-refractivity contribution is -0.132. The number of aliphatic hydroxyl groups is 1. The van der Waals surface area contributed by atoms with Crippen LogP contribution < -0.4 is 5.73 Å². The van der Waals surface area contributed by atoms with Crippen molar-refractivity contribution in [3.05, 3.63) is 0 Å². The summed E-state index contributed by atoms with van der Waals surface area (Å²) in [5, 5.41) is 8.92. The molecule has 0 aliphatic carbocycles. The molecule has 0 bridgehead atoms. The fourth-order valence-electron chi connectivity index (χ4n) is 2.26. The van der Waals surface area contributed by atoms with Gasteiger partial charge in [0.15, 0.2) is 0 Å². The number of amides is 1. The van der Waals surface area contributed by atoms with Crippen LogP contribution in [-0.4, -0.2) is 86.6 Å². The largest absolute Gasteiger partial charge is 0.395 e. The third-order valence-corrected chi connectivity index (χ3v) is 4.41. The second-order valence-electron chi connectivity index (χ2n) is 5.27. The zero-order valence-electron chi connectivity index (χ0n) is 12.0. The third kappa shape index (κ3) is 6.17. The number of β-amino-alcohol motifs (C(OH)–C–C–N with tert-alkyl or cyclic N) is 1. The first-order chi connectivity index (χ1) is 9.33. The molecule has 1 atom stereocenters. The maximum absolute atomic E-state index is 12.2. The van der Waals surface area contributed by atoms with E-state index in [2.05, 4.69) is 4.90 Å². The highest BCUT2D eigenvalue weighted by molar-refractivity contribution is 7.90. The average Bonchev–Trinajstić information content (AvgIpc) is 2.60. The summed E-state index contributed by atoms with van der Waals surface area (Å²) >= 11 is 0. The quantitative estimate of drug-likeness (QED) is 0.605. The van der Waals surface area contributed by atoms with Crippen LogP contribution in [0.4, 0.5) is 0 Å². The second kappa shape index (κ2) is 7.92. The lowest BCUT2D eigenvalue weighted by atomic mass is 10.2. The normalized spacial score (nSPS) is 19.6. The topological polar surface area (TPSA) is 104 Å². The zero-order valence-corrected chi connectivity index (χ0v) is 12.8. The van der Waals surface area contributed by atoms with Crippen LogP contribution in [0.25, 0.3) is 0 Å². The van der Waals surface area contributed by atoms with Gasteiger partial charge in [0, 0.05) is 32.4 Å². The van der Waals surface area contributed by atoms with Crippen LogP contribution in [0.15, 0.2) is 0 Å². The van der Waals surface area contributed by atoms with Crippen LogP contribution in [0.1, 0.15) is 12.8 Å². The summed E-state index contributed by atoms with van der Waals surface area (Å²) in [6.07, 6.45) is 2.14. The van der Waals surface area contributed by atoms with Gasteiger partial charge in [-0.2, -0.15) is 0 Å². The molecular weight excluding hydrogens is 282 g/mol. The Balaban J connectivity index is 2.46. The predicted molar refractivity (Wildman–Crippen MR) is 77.0 cm³/mol. The molecular formula is C12H25N3O4S. The number of nitrogens with two attached hydrogens (primary N) is 1. The minimum absolute atomic E-state index is 0.0651. The summed E-state index contributed by atoms with van der Waals surface area (Å²) in [5.74, 6) is -0.246. The van der Waals surface area contributed by atoms with E-state index in [0.717, 1.165) is 19.2 Å². The number of carbonyl (C=O) groups is 1. The highest BCUT2D eigenvalue weighted by atomic mass is 32.2. The molecule has 1 amide bonds. The lowest BCUT2D eigenvalue weighted by Gasteiger charge is -2.24. The van der Waals surface area contributed by atoms with E-state index in [1.807, 2.05) is 0 Å².